The average molecular weight is 264 g/mol. The zero-order valence-corrected chi connectivity index (χ0v) is 12.1. The Labute approximate surface area is 114 Å². The zero-order chi connectivity index (χ0) is 13.9. The molecular formula is C14H20N2OS. The summed E-state index contributed by atoms with van der Waals surface area (Å²) in [6.45, 7) is 7.66. The van der Waals surface area contributed by atoms with Crippen LogP contribution in [0.5, 0.6) is 0 Å². The van der Waals surface area contributed by atoms with Gasteiger partial charge in [0, 0.05) is 5.69 Å². The van der Waals surface area contributed by atoms with E-state index in [0.29, 0.717) is 6.42 Å². The number of thiocarbonyl (C=S) groups is 1. The van der Waals surface area contributed by atoms with Gasteiger partial charge in [0.2, 0.25) is 5.91 Å². The van der Waals surface area contributed by atoms with E-state index in [4.69, 9.17) is 18.0 Å². The summed E-state index contributed by atoms with van der Waals surface area (Å²) in [7, 11) is 0. The van der Waals surface area contributed by atoms with Gasteiger partial charge < -0.3 is 11.1 Å². The number of carbonyl (C=O) groups is 1. The smallest absolute Gasteiger partial charge is 0.237 e. The monoisotopic (exact) mass is 264 g/mol. The number of aryl methyl sites for hydroxylation is 2. The predicted molar refractivity (Wildman–Crippen MR) is 79.7 cm³/mol. The van der Waals surface area contributed by atoms with Gasteiger partial charge in [0.1, 0.15) is 0 Å². The maximum atomic E-state index is 12.3. The van der Waals surface area contributed by atoms with Gasteiger partial charge in [-0.05, 0) is 50.5 Å². The molecular weight excluding hydrogens is 244 g/mol. The Morgan fingerprint density at radius 1 is 1.33 bits per heavy atom. The topological polar surface area (TPSA) is 55.1 Å². The molecule has 0 aliphatic heterocycles. The van der Waals surface area contributed by atoms with Crippen molar-refractivity contribution >= 4 is 28.8 Å². The summed E-state index contributed by atoms with van der Waals surface area (Å²) in [5, 5.41) is 2.89. The molecule has 0 aliphatic carbocycles. The number of benzene rings is 1. The van der Waals surface area contributed by atoms with Crippen LogP contribution in [0.25, 0.3) is 0 Å². The lowest BCUT2D eigenvalue weighted by Gasteiger charge is -2.25. The summed E-state index contributed by atoms with van der Waals surface area (Å²) in [4.78, 5) is 12.5. The molecule has 1 atom stereocenters. The van der Waals surface area contributed by atoms with Crippen molar-refractivity contribution in [1.82, 2.24) is 0 Å². The fourth-order valence-corrected chi connectivity index (χ4v) is 2.00. The molecule has 18 heavy (non-hydrogen) atoms. The molecule has 0 saturated heterocycles. The molecule has 3 N–H and O–H groups in total. The van der Waals surface area contributed by atoms with Crippen molar-refractivity contribution in [3.63, 3.8) is 0 Å². The molecule has 0 heterocycles. The Balaban J connectivity index is 2.97. The minimum Gasteiger partial charge on any atom is -0.392 e. The third-order valence-electron chi connectivity index (χ3n) is 3.23. The van der Waals surface area contributed by atoms with E-state index in [0.717, 1.165) is 16.8 Å². The first-order chi connectivity index (χ1) is 8.29. The van der Waals surface area contributed by atoms with Crippen molar-refractivity contribution in [2.24, 2.45) is 11.1 Å². The van der Waals surface area contributed by atoms with Crippen molar-refractivity contribution in [3.05, 3.63) is 29.3 Å². The molecule has 1 aromatic carbocycles. The Bertz CT molecular complexity index is 464. The first-order valence-electron chi connectivity index (χ1n) is 5.99. The molecule has 0 spiro atoms. The van der Waals surface area contributed by atoms with E-state index in [-0.39, 0.29) is 10.9 Å². The van der Waals surface area contributed by atoms with Crippen LogP contribution in [0, 0.1) is 19.3 Å². The van der Waals surface area contributed by atoms with Gasteiger partial charge >= 0.3 is 0 Å². The molecule has 0 saturated carbocycles. The highest BCUT2D eigenvalue weighted by Gasteiger charge is 2.34. The van der Waals surface area contributed by atoms with Crippen LogP contribution in [0.4, 0.5) is 5.69 Å². The first kappa shape index (κ1) is 14.6. The van der Waals surface area contributed by atoms with E-state index in [1.165, 1.54) is 0 Å². The van der Waals surface area contributed by atoms with Crippen LogP contribution in [-0.4, -0.2) is 10.9 Å². The summed E-state index contributed by atoms with van der Waals surface area (Å²) in [5.41, 5.74) is 7.87. The van der Waals surface area contributed by atoms with Crippen LogP contribution < -0.4 is 11.1 Å². The van der Waals surface area contributed by atoms with Crippen LogP contribution >= 0.6 is 12.2 Å². The van der Waals surface area contributed by atoms with Gasteiger partial charge in [0.25, 0.3) is 0 Å². The Morgan fingerprint density at radius 2 is 1.83 bits per heavy atom. The third-order valence-corrected chi connectivity index (χ3v) is 3.68. The number of hydrogen-bond donors (Lipinski definition) is 2. The molecule has 0 bridgehead atoms. The molecule has 98 valence electrons. The standard InChI is InChI=1S/C14H20N2OS/c1-5-14(4,12(15)18)13(17)16-11-7-9(2)6-10(3)8-11/h6-8H,5H2,1-4H3,(H2,15,18)(H,16,17). The quantitative estimate of drug-likeness (QED) is 0.822. The SMILES string of the molecule is CCC(C)(C(=O)Nc1cc(C)cc(C)c1)C(N)=S. The lowest BCUT2D eigenvalue weighted by atomic mass is 9.86. The molecule has 0 aliphatic rings. The largest absolute Gasteiger partial charge is 0.392 e. The lowest BCUT2D eigenvalue weighted by Crippen LogP contribution is -2.43. The Hall–Kier alpha value is -1.42. The second-order valence-corrected chi connectivity index (χ2v) is 5.32. The third kappa shape index (κ3) is 3.07. The number of nitrogens with two attached hydrogens (primary N) is 1. The fraction of sp³-hybridized carbons (Fsp3) is 0.429. The highest BCUT2D eigenvalue weighted by Crippen LogP contribution is 2.24. The molecule has 1 aromatic rings. The number of nitrogens with one attached hydrogen (secondary N) is 1. The van der Waals surface area contributed by atoms with E-state index in [1.54, 1.807) is 6.92 Å². The molecule has 1 amide bonds. The Morgan fingerprint density at radius 3 is 2.22 bits per heavy atom. The highest BCUT2D eigenvalue weighted by atomic mass is 32.1. The maximum absolute atomic E-state index is 12.3. The fourth-order valence-electron chi connectivity index (χ4n) is 1.76. The van der Waals surface area contributed by atoms with Crippen molar-refractivity contribution < 1.29 is 4.79 Å². The van der Waals surface area contributed by atoms with Crippen LogP contribution in [0.3, 0.4) is 0 Å². The Kier molecular flexibility index (Phi) is 4.46. The number of anilines is 1. The average Bonchev–Trinajstić information content (AvgIpc) is 2.25. The highest BCUT2D eigenvalue weighted by molar-refractivity contribution is 7.80. The van der Waals surface area contributed by atoms with Crippen molar-refractivity contribution in [2.45, 2.75) is 34.1 Å². The van der Waals surface area contributed by atoms with Crippen LogP contribution in [0.2, 0.25) is 0 Å². The van der Waals surface area contributed by atoms with Crippen LogP contribution in [-0.2, 0) is 4.79 Å². The van der Waals surface area contributed by atoms with Gasteiger partial charge in [0.05, 0.1) is 10.4 Å². The minimum absolute atomic E-state index is 0.150. The molecule has 3 nitrogen and oxygen atoms in total. The van der Waals surface area contributed by atoms with E-state index < -0.39 is 5.41 Å². The number of amides is 1. The first-order valence-corrected chi connectivity index (χ1v) is 6.40. The van der Waals surface area contributed by atoms with Crippen molar-refractivity contribution in [1.29, 1.82) is 0 Å². The van der Waals surface area contributed by atoms with Gasteiger partial charge in [-0.2, -0.15) is 0 Å². The molecule has 0 radical (unpaired) electrons. The summed E-state index contributed by atoms with van der Waals surface area (Å²) in [5.74, 6) is -0.150. The van der Waals surface area contributed by atoms with Gasteiger partial charge in [-0.3, -0.25) is 4.79 Å². The molecule has 0 fully saturated rings. The van der Waals surface area contributed by atoms with E-state index in [1.807, 2.05) is 32.9 Å². The molecule has 1 unspecified atom stereocenters. The van der Waals surface area contributed by atoms with Gasteiger partial charge in [-0.25, -0.2) is 0 Å². The number of rotatable bonds is 4. The van der Waals surface area contributed by atoms with Crippen molar-refractivity contribution in [3.8, 4) is 0 Å². The summed E-state index contributed by atoms with van der Waals surface area (Å²) < 4.78 is 0. The van der Waals surface area contributed by atoms with Crippen LogP contribution in [0.1, 0.15) is 31.4 Å². The van der Waals surface area contributed by atoms with Crippen LogP contribution in [0.15, 0.2) is 18.2 Å². The molecule has 1 rings (SSSR count). The minimum atomic E-state index is -0.799. The summed E-state index contributed by atoms with van der Waals surface area (Å²) in [6.07, 6.45) is 0.582. The van der Waals surface area contributed by atoms with E-state index in [9.17, 15) is 4.79 Å². The van der Waals surface area contributed by atoms with E-state index >= 15 is 0 Å². The van der Waals surface area contributed by atoms with Gasteiger partial charge in [-0.1, -0.05) is 25.2 Å². The number of hydrogen-bond acceptors (Lipinski definition) is 2. The molecule has 4 heteroatoms. The lowest BCUT2D eigenvalue weighted by molar-refractivity contribution is -0.121. The summed E-state index contributed by atoms with van der Waals surface area (Å²) in [6, 6.07) is 5.92. The number of carbonyl (C=O) groups excluding carboxylic acids is 1. The van der Waals surface area contributed by atoms with Gasteiger partial charge in [0.15, 0.2) is 0 Å². The predicted octanol–water partition coefficient (Wildman–Crippen LogP) is 2.94. The zero-order valence-electron chi connectivity index (χ0n) is 11.3. The van der Waals surface area contributed by atoms with Crippen molar-refractivity contribution in [2.75, 3.05) is 5.32 Å². The molecule has 0 aromatic heterocycles. The maximum Gasteiger partial charge on any atom is 0.237 e. The normalized spacial score (nSPS) is 13.8. The van der Waals surface area contributed by atoms with E-state index in [2.05, 4.69) is 11.4 Å². The summed E-state index contributed by atoms with van der Waals surface area (Å²) >= 11 is 4.99. The second-order valence-electron chi connectivity index (χ2n) is 4.88. The second kappa shape index (κ2) is 5.48. The van der Waals surface area contributed by atoms with Gasteiger partial charge in [-0.15, -0.1) is 0 Å².